The Bertz CT molecular complexity index is 498. The van der Waals surface area contributed by atoms with E-state index in [1.165, 1.54) is 0 Å². The SMILES string of the molecule is FC(F)(F)C[C@H](c1ccc2c(c1)CCO2)N1CCNCC1. The summed E-state index contributed by atoms with van der Waals surface area (Å²) in [6.07, 6.45) is -4.18. The molecule has 2 aliphatic rings. The van der Waals surface area contributed by atoms with Crippen LogP contribution in [0.5, 0.6) is 5.75 Å². The van der Waals surface area contributed by atoms with Gasteiger partial charge in [0.1, 0.15) is 5.75 Å². The van der Waals surface area contributed by atoms with Crippen LogP contribution in [0.1, 0.15) is 23.6 Å². The summed E-state index contributed by atoms with van der Waals surface area (Å²) in [5.41, 5.74) is 1.77. The number of fused-ring (bicyclic) bond motifs is 1. The maximum Gasteiger partial charge on any atom is 0.390 e. The molecule has 1 fully saturated rings. The normalized spacial score (nSPS) is 20.9. The van der Waals surface area contributed by atoms with Gasteiger partial charge in [-0.2, -0.15) is 13.2 Å². The number of hydrogen-bond donors (Lipinski definition) is 1. The number of halogens is 3. The summed E-state index contributed by atoms with van der Waals surface area (Å²) in [4.78, 5) is 1.93. The van der Waals surface area contributed by atoms with Crippen LogP contribution in [0.25, 0.3) is 0 Å². The Labute approximate surface area is 122 Å². The monoisotopic (exact) mass is 300 g/mol. The predicted octanol–water partition coefficient (Wildman–Crippen LogP) is 2.52. The Morgan fingerprint density at radius 3 is 2.71 bits per heavy atom. The van der Waals surface area contributed by atoms with Crippen LogP contribution in [-0.2, 0) is 6.42 Å². The number of piperazine rings is 1. The molecule has 1 aromatic rings. The molecule has 0 saturated carbocycles. The van der Waals surface area contributed by atoms with E-state index in [2.05, 4.69) is 5.32 Å². The van der Waals surface area contributed by atoms with Crippen LogP contribution in [0.2, 0.25) is 0 Å². The van der Waals surface area contributed by atoms with E-state index in [1.807, 2.05) is 17.0 Å². The van der Waals surface area contributed by atoms with Crippen molar-refractivity contribution < 1.29 is 17.9 Å². The maximum absolute atomic E-state index is 13.0. The van der Waals surface area contributed by atoms with Gasteiger partial charge < -0.3 is 10.1 Å². The van der Waals surface area contributed by atoms with Crippen LogP contribution >= 0.6 is 0 Å². The first-order chi connectivity index (χ1) is 10.0. The molecule has 1 atom stereocenters. The molecule has 0 aromatic heterocycles. The molecule has 0 radical (unpaired) electrons. The van der Waals surface area contributed by atoms with Crippen molar-refractivity contribution in [3.8, 4) is 5.75 Å². The topological polar surface area (TPSA) is 24.5 Å². The number of hydrogen-bond acceptors (Lipinski definition) is 3. The molecular formula is C15H19F3N2O. The van der Waals surface area contributed by atoms with Crippen molar-refractivity contribution in [3.05, 3.63) is 29.3 Å². The van der Waals surface area contributed by atoms with Gasteiger partial charge in [0.05, 0.1) is 13.0 Å². The largest absolute Gasteiger partial charge is 0.493 e. The molecular weight excluding hydrogens is 281 g/mol. The molecule has 6 heteroatoms. The van der Waals surface area contributed by atoms with E-state index in [0.717, 1.165) is 36.4 Å². The van der Waals surface area contributed by atoms with Crippen LogP contribution in [0.3, 0.4) is 0 Å². The molecule has 0 bridgehead atoms. The standard InChI is InChI=1S/C15H19F3N2O/c16-15(17,18)10-13(20-6-4-19-5-7-20)11-1-2-14-12(9-11)3-8-21-14/h1-2,9,13,19H,3-8,10H2/t13-/m1/s1. The molecule has 0 spiro atoms. The van der Waals surface area contributed by atoms with Crippen molar-refractivity contribution in [2.75, 3.05) is 32.8 Å². The lowest BCUT2D eigenvalue weighted by molar-refractivity contribution is -0.148. The van der Waals surface area contributed by atoms with Crippen LogP contribution in [0, 0.1) is 0 Å². The number of nitrogens with one attached hydrogen (secondary N) is 1. The molecule has 3 nitrogen and oxygen atoms in total. The lowest BCUT2D eigenvalue weighted by atomic mass is 9.98. The quantitative estimate of drug-likeness (QED) is 0.928. The number of alkyl halides is 3. The van der Waals surface area contributed by atoms with Gasteiger partial charge >= 0.3 is 6.18 Å². The van der Waals surface area contributed by atoms with E-state index in [1.54, 1.807) is 6.07 Å². The zero-order valence-electron chi connectivity index (χ0n) is 11.7. The van der Waals surface area contributed by atoms with E-state index >= 15 is 0 Å². The van der Waals surface area contributed by atoms with Crippen LogP contribution < -0.4 is 10.1 Å². The van der Waals surface area contributed by atoms with Crippen molar-refractivity contribution in [3.63, 3.8) is 0 Å². The van der Waals surface area contributed by atoms with Gasteiger partial charge in [-0.1, -0.05) is 12.1 Å². The van der Waals surface area contributed by atoms with Gasteiger partial charge in [-0.15, -0.1) is 0 Å². The zero-order chi connectivity index (χ0) is 14.9. The first-order valence-corrected chi connectivity index (χ1v) is 7.30. The fourth-order valence-corrected chi connectivity index (χ4v) is 3.08. The van der Waals surface area contributed by atoms with E-state index < -0.39 is 18.6 Å². The maximum atomic E-state index is 13.0. The Kier molecular flexibility index (Phi) is 4.08. The minimum atomic E-state index is -4.16. The van der Waals surface area contributed by atoms with Crippen molar-refractivity contribution >= 4 is 0 Å². The van der Waals surface area contributed by atoms with Crippen molar-refractivity contribution in [1.82, 2.24) is 10.2 Å². The third kappa shape index (κ3) is 3.49. The molecule has 0 aliphatic carbocycles. The Morgan fingerprint density at radius 1 is 1.24 bits per heavy atom. The number of ether oxygens (including phenoxy) is 1. The molecule has 1 saturated heterocycles. The number of rotatable bonds is 3. The highest BCUT2D eigenvalue weighted by atomic mass is 19.4. The molecule has 1 aromatic carbocycles. The summed E-state index contributed by atoms with van der Waals surface area (Å²) in [7, 11) is 0. The second-order valence-electron chi connectivity index (χ2n) is 5.59. The van der Waals surface area contributed by atoms with E-state index in [4.69, 9.17) is 4.74 Å². The third-order valence-electron chi connectivity index (χ3n) is 4.12. The van der Waals surface area contributed by atoms with Gasteiger partial charge in [-0.3, -0.25) is 4.90 Å². The van der Waals surface area contributed by atoms with Gasteiger partial charge in [0.25, 0.3) is 0 Å². The van der Waals surface area contributed by atoms with Crippen LogP contribution in [0.4, 0.5) is 13.2 Å². The van der Waals surface area contributed by atoms with E-state index in [-0.39, 0.29) is 0 Å². The minimum absolute atomic E-state index is 0.599. The molecule has 2 heterocycles. The average molecular weight is 300 g/mol. The minimum Gasteiger partial charge on any atom is -0.493 e. The van der Waals surface area contributed by atoms with Crippen molar-refractivity contribution in [2.24, 2.45) is 0 Å². The van der Waals surface area contributed by atoms with Gasteiger partial charge in [-0.25, -0.2) is 0 Å². The molecule has 21 heavy (non-hydrogen) atoms. The third-order valence-corrected chi connectivity index (χ3v) is 4.12. The van der Waals surface area contributed by atoms with E-state index in [9.17, 15) is 13.2 Å². The second-order valence-corrected chi connectivity index (χ2v) is 5.59. The predicted molar refractivity (Wildman–Crippen MR) is 73.5 cm³/mol. The van der Waals surface area contributed by atoms with Crippen LogP contribution in [0.15, 0.2) is 18.2 Å². The first-order valence-electron chi connectivity index (χ1n) is 7.30. The Morgan fingerprint density at radius 2 is 2.00 bits per heavy atom. The Balaban J connectivity index is 1.86. The summed E-state index contributed by atoms with van der Waals surface area (Å²) >= 11 is 0. The fourth-order valence-electron chi connectivity index (χ4n) is 3.08. The molecule has 1 N–H and O–H groups in total. The van der Waals surface area contributed by atoms with E-state index in [0.29, 0.717) is 19.7 Å². The Hall–Kier alpha value is -1.27. The molecule has 2 aliphatic heterocycles. The van der Waals surface area contributed by atoms with Crippen molar-refractivity contribution in [1.29, 1.82) is 0 Å². The number of benzene rings is 1. The molecule has 3 rings (SSSR count). The summed E-state index contributed by atoms with van der Waals surface area (Å²) < 4.78 is 44.3. The lowest BCUT2D eigenvalue weighted by Gasteiger charge is -2.35. The highest BCUT2D eigenvalue weighted by Gasteiger charge is 2.36. The zero-order valence-corrected chi connectivity index (χ0v) is 11.7. The summed E-state index contributed by atoms with van der Waals surface area (Å²) in [6.45, 7) is 3.39. The van der Waals surface area contributed by atoms with Crippen LogP contribution in [-0.4, -0.2) is 43.9 Å². The summed E-state index contributed by atoms with van der Waals surface area (Å²) in [6, 6.07) is 4.88. The smallest absolute Gasteiger partial charge is 0.390 e. The molecule has 116 valence electrons. The molecule has 0 amide bonds. The second kappa shape index (κ2) is 5.85. The van der Waals surface area contributed by atoms with Gasteiger partial charge in [0, 0.05) is 38.6 Å². The number of nitrogens with zero attached hydrogens (tertiary/aromatic N) is 1. The summed E-state index contributed by atoms with van der Waals surface area (Å²) in [5, 5.41) is 3.18. The lowest BCUT2D eigenvalue weighted by Crippen LogP contribution is -2.46. The van der Waals surface area contributed by atoms with Gasteiger partial charge in [-0.05, 0) is 17.2 Å². The highest BCUT2D eigenvalue weighted by molar-refractivity contribution is 5.40. The first kappa shape index (κ1) is 14.7. The molecule has 0 unspecified atom stereocenters. The highest BCUT2D eigenvalue weighted by Crippen LogP contribution is 2.36. The summed E-state index contributed by atoms with van der Waals surface area (Å²) in [5.74, 6) is 0.810. The average Bonchev–Trinajstić information content (AvgIpc) is 2.92. The van der Waals surface area contributed by atoms with Gasteiger partial charge in [0.2, 0.25) is 0 Å². The van der Waals surface area contributed by atoms with Crippen molar-refractivity contribution in [2.45, 2.75) is 25.1 Å². The fraction of sp³-hybridized carbons (Fsp3) is 0.600. The van der Waals surface area contributed by atoms with Gasteiger partial charge in [0.15, 0.2) is 0 Å².